The van der Waals surface area contributed by atoms with Crippen LogP contribution >= 0.6 is 11.6 Å². The number of rotatable bonds is 2. The first-order valence-corrected chi connectivity index (χ1v) is 3.24. The summed E-state index contributed by atoms with van der Waals surface area (Å²) < 4.78 is 4.90. The molecular formula is C6H9ClO. The highest BCUT2D eigenvalue weighted by Crippen LogP contribution is 2.26. The molecular weight excluding hydrogens is 124 g/mol. The van der Waals surface area contributed by atoms with E-state index < -0.39 is 0 Å². The van der Waals surface area contributed by atoms with Crippen molar-refractivity contribution in [2.24, 2.45) is 0 Å². The molecule has 0 radical (unpaired) electrons. The van der Waals surface area contributed by atoms with Crippen molar-refractivity contribution in [1.29, 1.82) is 0 Å². The van der Waals surface area contributed by atoms with Crippen LogP contribution in [0.4, 0.5) is 0 Å². The van der Waals surface area contributed by atoms with Crippen molar-refractivity contribution in [3.05, 3.63) is 12.2 Å². The highest BCUT2D eigenvalue weighted by atomic mass is 35.5. The van der Waals surface area contributed by atoms with Crippen LogP contribution in [0.2, 0.25) is 0 Å². The molecule has 1 heterocycles. The molecule has 2 heteroatoms. The average molecular weight is 133 g/mol. The fraction of sp³-hybridized carbons (Fsp3) is 0.667. The Balaban J connectivity index is 2.12. The van der Waals surface area contributed by atoms with E-state index in [9.17, 15) is 0 Å². The van der Waals surface area contributed by atoms with Crippen LogP contribution in [0.3, 0.4) is 0 Å². The summed E-state index contributed by atoms with van der Waals surface area (Å²) in [5, 5.41) is 0. The summed E-state index contributed by atoms with van der Waals surface area (Å²) in [6.07, 6.45) is 5.32. The second-order valence-electron chi connectivity index (χ2n) is 1.79. The van der Waals surface area contributed by atoms with Gasteiger partial charge in [0.05, 0.1) is 0 Å². The maximum atomic E-state index is 5.51. The van der Waals surface area contributed by atoms with Crippen LogP contribution in [-0.4, -0.2) is 11.7 Å². The summed E-state index contributed by atoms with van der Waals surface area (Å²) in [6.45, 7) is 2.09. The van der Waals surface area contributed by atoms with E-state index in [2.05, 4.69) is 13.0 Å². The molecule has 0 spiro atoms. The monoisotopic (exact) mass is 132 g/mol. The van der Waals surface area contributed by atoms with E-state index >= 15 is 0 Å². The summed E-state index contributed by atoms with van der Waals surface area (Å²) in [5.41, 5.74) is -0.0437. The lowest BCUT2D eigenvalue weighted by atomic mass is 10.3. The largest absolute Gasteiger partial charge is 0.348 e. The Labute approximate surface area is 54.3 Å². The van der Waals surface area contributed by atoms with Gasteiger partial charge in [-0.2, -0.15) is 0 Å². The maximum Gasteiger partial charge on any atom is 0.161 e. The van der Waals surface area contributed by atoms with Gasteiger partial charge in [-0.15, -0.1) is 0 Å². The second kappa shape index (κ2) is 2.51. The Kier molecular flexibility index (Phi) is 1.92. The molecule has 0 aromatic heterocycles. The number of halogens is 1. The Morgan fingerprint density at radius 2 is 2.38 bits per heavy atom. The number of allylic oxidation sites excluding steroid dienone is 1. The van der Waals surface area contributed by atoms with Crippen molar-refractivity contribution in [3.8, 4) is 0 Å². The van der Waals surface area contributed by atoms with E-state index in [1.807, 2.05) is 6.08 Å². The van der Waals surface area contributed by atoms with Gasteiger partial charge in [0.15, 0.2) is 5.56 Å². The zero-order chi connectivity index (χ0) is 5.98. The molecule has 1 fully saturated rings. The van der Waals surface area contributed by atoms with Gasteiger partial charge in [-0.05, 0) is 6.42 Å². The summed E-state index contributed by atoms with van der Waals surface area (Å²) in [6, 6.07) is 0. The molecule has 0 aliphatic carbocycles. The van der Waals surface area contributed by atoms with Gasteiger partial charge < -0.3 is 4.74 Å². The molecule has 0 aromatic carbocycles. The molecule has 0 amide bonds. The average Bonchev–Trinajstić information content (AvgIpc) is 2.42. The number of ether oxygens (including phenoxy) is 1. The third-order valence-corrected chi connectivity index (χ3v) is 1.38. The van der Waals surface area contributed by atoms with E-state index in [0.717, 1.165) is 6.42 Å². The molecule has 1 saturated heterocycles. The van der Waals surface area contributed by atoms with Gasteiger partial charge in [-0.3, -0.25) is 0 Å². The summed E-state index contributed by atoms with van der Waals surface area (Å²) in [5.74, 6) is 0. The Morgan fingerprint density at radius 3 is 2.75 bits per heavy atom. The molecule has 8 heavy (non-hydrogen) atoms. The van der Waals surface area contributed by atoms with E-state index in [1.54, 1.807) is 0 Å². The predicted molar refractivity (Wildman–Crippen MR) is 33.9 cm³/mol. The summed E-state index contributed by atoms with van der Waals surface area (Å²) in [7, 11) is 0. The standard InChI is InChI=1S/C6H9ClO/c1-2-3-4-5-6(7)8-5/h3-6H,2H2,1H3. The maximum absolute atomic E-state index is 5.51. The van der Waals surface area contributed by atoms with E-state index in [-0.39, 0.29) is 11.7 Å². The van der Waals surface area contributed by atoms with Gasteiger partial charge in [0.25, 0.3) is 0 Å². The highest BCUT2D eigenvalue weighted by Gasteiger charge is 2.33. The SMILES string of the molecule is CCC=CC1OC1Cl. The van der Waals surface area contributed by atoms with Crippen LogP contribution in [0, 0.1) is 0 Å². The summed E-state index contributed by atoms with van der Waals surface area (Å²) >= 11 is 5.51. The zero-order valence-corrected chi connectivity index (χ0v) is 5.56. The first kappa shape index (κ1) is 6.12. The minimum atomic E-state index is -0.0437. The van der Waals surface area contributed by atoms with Crippen LogP contribution < -0.4 is 0 Å². The Bertz CT molecular complexity index is 101. The van der Waals surface area contributed by atoms with Crippen LogP contribution in [0.1, 0.15) is 13.3 Å². The van der Waals surface area contributed by atoms with Gasteiger partial charge in [0, 0.05) is 0 Å². The van der Waals surface area contributed by atoms with Gasteiger partial charge in [-0.1, -0.05) is 30.7 Å². The smallest absolute Gasteiger partial charge is 0.161 e. The third kappa shape index (κ3) is 1.49. The zero-order valence-electron chi connectivity index (χ0n) is 4.80. The lowest BCUT2D eigenvalue weighted by Crippen LogP contribution is -1.76. The van der Waals surface area contributed by atoms with Gasteiger partial charge >= 0.3 is 0 Å². The van der Waals surface area contributed by atoms with Gasteiger partial charge in [-0.25, -0.2) is 0 Å². The molecule has 0 N–H and O–H groups in total. The van der Waals surface area contributed by atoms with Crippen molar-refractivity contribution < 1.29 is 4.74 Å². The van der Waals surface area contributed by atoms with E-state index in [4.69, 9.17) is 16.3 Å². The van der Waals surface area contributed by atoms with Crippen LogP contribution in [0.5, 0.6) is 0 Å². The lowest BCUT2D eigenvalue weighted by molar-refractivity contribution is 0.426. The highest BCUT2D eigenvalue weighted by molar-refractivity contribution is 6.21. The minimum absolute atomic E-state index is 0.0437. The third-order valence-electron chi connectivity index (χ3n) is 1.03. The normalized spacial score (nSPS) is 36.2. The van der Waals surface area contributed by atoms with Crippen LogP contribution in [0.25, 0.3) is 0 Å². The Hall–Kier alpha value is -0.0100. The van der Waals surface area contributed by atoms with Crippen molar-refractivity contribution >= 4 is 11.6 Å². The molecule has 2 atom stereocenters. The molecule has 46 valence electrons. The minimum Gasteiger partial charge on any atom is -0.348 e. The molecule has 1 aliphatic heterocycles. The lowest BCUT2D eigenvalue weighted by Gasteiger charge is -1.73. The van der Waals surface area contributed by atoms with E-state index in [1.165, 1.54) is 0 Å². The quantitative estimate of drug-likeness (QED) is 0.318. The molecule has 0 aromatic rings. The molecule has 1 nitrogen and oxygen atoms in total. The van der Waals surface area contributed by atoms with Crippen molar-refractivity contribution in [3.63, 3.8) is 0 Å². The molecule has 1 aliphatic rings. The van der Waals surface area contributed by atoms with Crippen LogP contribution in [-0.2, 0) is 4.74 Å². The first-order valence-electron chi connectivity index (χ1n) is 2.80. The first-order chi connectivity index (χ1) is 3.84. The van der Waals surface area contributed by atoms with E-state index in [0.29, 0.717) is 0 Å². The molecule has 0 bridgehead atoms. The number of epoxide rings is 1. The predicted octanol–water partition coefficient (Wildman–Crippen LogP) is 1.92. The topological polar surface area (TPSA) is 12.5 Å². The molecule has 1 rings (SSSR count). The van der Waals surface area contributed by atoms with Crippen molar-refractivity contribution in [2.75, 3.05) is 0 Å². The second-order valence-corrected chi connectivity index (χ2v) is 2.22. The fourth-order valence-electron chi connectivity index (χ4n) is 0.508. The summed E-state index contributed by atoms with van der Waals surface area (Å²) in [4.78, 5) is 0. The van der Waals surface area contributed by atoms with Crippen LogP contribution in [0.15, 0.2) is 12.2 Å². The Morgan fingerprint density at radius 1 is 1.75 bits per heavy atom. The number of hydrogen-bond donors (Lipinski definition) is 0. The fourth-order valence-corrected chi connectivity index (χ4v) is 0.710. The van der Waals surface area contributed by atoms with Crippen molar-refractivity contribution in [1.82, 2.24) is 0 Å². The number of alkyl halides is 1. The van der Waals surface area contributed by atoms with Crippen molar-refractivity contribution in [2.45, 2.75) is 25.0 Å². The molecule has 2 unspecified atom stereocenters. The van der Waals surface area contributed by atoms with Gasteiger partial charge in [0.1, 0.15) is 6.10 Å². The van der Waals surface area contributed by atoms with Gasteiger partial charge in [0.2, 0.25) is 0 Å². The number of hydrogen-bond acceptors (Lipinski definition) is 1. The molecule has 0 saturated carbocycles.